The first-order valence-electron chi connectivity index (χ1n) is 7.96. The first kappa shape index (κ1) is 16.5. The number of rotatable bonds is 3. The number of hydrogen-bond acceptors (Lipinski definition) is 6. The highest BCUT2D eigenvalue weighted by Crippen LogP contribution is 2.35. The van der Waals surface area contributed by atoms with Crippen LogP contribution >= 0.6 is 0 Å². The lowest BCUT2D eigenvalue weighted by Crippen LogP contribution is -2.34. The summed E-state index contributed by atoms with van der Waals surface area (Å²) in [5.74, 6) is 1.10. The summed E-state index contributed by atoms with van der Waals surface area (Å²) in [7, 11) is -3.84. The van der Waals surface area contributed by atoms with Gasteiger partial charge in [0.05, 0.1) is 16.3 Å². The second kappa shape index (κ2) is 6.10. The van der Waals surface area contributed by atoms with Crippen molar-refractivity contribution in [2.45, 2.75) is 17.9 Å². The lowest BCUT2D eigenvalue weighted by atomic mass is 10.2. The maximum absolute atomic E-state index is 12.6. The van der Waals surface area contributed by atoms with E-state index in [9.17, 15) is 13.2 Å². The number of ether oxygens (including phenoxy) is 3. The van der Waals surface area contributed by atoms with Crippen molar-refractivity contribution in [3.8, 4) is 17.2 Å². The van der Waals surface area contributed by atoms with E-state index in [0.717, 1.165) is 0 Å². The van der Waals surface area contributed by atoms with E-state index in [2.05, 4.69) is 10.0 Å². The smallest absolute Gasteiger partial charge is 0.265 e. The second-order valence-electron chi connectivity index (χ2n) is 5.87. The van der Waals surface area contributed by atoms with Gasteiger partial charge in [0.15, 0.2) is 17.6 Å². The number of sulfonamides is 1. The molecule has 0 aromatic heterocycles. The summed E-state index contributed by atoms with van der Waals surface area (Å²) in [5.41, 5.74) is 0.715. The molecule has 0 spiro atoms. The zero-order valence-corrected chi connectivity index (χ0v) is 14.6. The van der Waals surface area contributed by atoms with E-state index in [1.165, 1.54) is 18.2 Å². The largest absolute Gasteiger partial charge is 0.486 e. The van der Waals surface area contributed by atoms with Gasteiger partial charge in [0, 0.05) is 6.07 Å². The van der Waals surface area contributed by atoms with Crippen LogP contribution in [0.25, 0.3) is 0 Å². The van der Waals surface area contributed by atoms with Crippen LogP contribution in [0.2, 0.25) is 0 Å². The Morgan fingerprint density at radius 2 is 1.77 bits per heavy atom. The molecule has 0 bridgehead atoms. The van der Waals surface area contributed by atoms with E-state index in [1.54, 1.807) is 25.1 Å². The Balaban J connectivity index is 1.60. The van der Waals surface area contributed by atoms with Crippen molar-refractivity contribution in [3.05, 3.63) is 36.4 Å². The van der Waals surface area contributed by atoms with Crippen molar-refractivity contribution >= 4 is 27.3 Å². The third kappa shape index (κ3) is 3.01. The minimum atomic E-state index is -3.84. The van der Waals surface area contributed by atoms with E-state index < -0.39 is 16.1 Å². The summed E-state index contributed by atoms with van der Waals surface area (Å²) in [6, 6.07) is 9.11. The topological polar surface area (TPSA) is 103 Å². The van der Waals surface area contributed by atoms with Crippen molar-refractivity contribution < 1.29 is 27.4 Å². The van der Waals surface area contributed by atoms with Gasteiger partial charge in [-0.1, -0.05) is 0 Å². The molecule has 2 aliphatic rings. The Morgan fingerprint density at radius 1 is 1.04 bits per heavy atom. The molecule has 9 heteroatoms. The summed E-state index contributed by atoms with van der Waals surface area (Å²) in [5, 5.41) is 2.68. The maximum Gasteiger partial charge on any atom is 0.265 e. The molecule has 1 unspecified atom stereocenters. The van der Waals surface area contributed by atoms with Gasteiger partial charge in [-0.25, -0.2) is 8.42 Å². The third-order valence-corrected chi connectivity index (χ3v) is 5.37. The molecule has 2 aromatic rings. The fourth-order valence-corrected chi connectivity index (χ4v) is 3.74. The number of hydrogen-bond donors (Lipinski definition) is 2. The zero-order valence-electron chi connectivity index (χ0n) is 13.8. The number of anilines is 2. The molecule has 1 amide bonds. The number of benzene rings is 2. The highest BCUT2D eigenvalue weighted by molar-refractivity contribution is 7.92. The molecule has 0 saturated carbocycles. The molecule has 2 aromatic carbocycles. The van der Waals surface area contributed by atoms with Crippen LogP contribution < -0.4 is 24.2 Å². The first-order chi connectivity index (χ1) is 12.4. The molecule has 2 heterocycles. The summed E-state index contributed by atoms with van der Waals surface area (Å²) in [4.78, 5) is 11.8. The molecule has 8 nitrogen and oxygen atoms in total. The summed E-state index contributed by atoms with van der Waals surface area (Å²) >= 11 is 0. The fourth-order valence-electron chi connectivity index (χ4n) is 2.68. The molecule has 0 saturated heterocycles. The van der Waals surface area contributed by atoms with Gasteiger partial charge in [0.25, 0.3) is 15.9 Å². The third-order valence-electron chi connectivity index (χ3n) is 3.99. The van der Waals surface area contributed by atoms with Crippen LogP contribution in [0.4, 0.5) is 11.4 Å². The molecule has 1 atom stereocenters. The van der Waals surface area contributed by atoms with Crippen LogP contribution in [0, 0.1) is 0 Å². The molecule has 2 aliphatic heterocycles. The van der Waals surface area contributed by atoms with E-state index in [0.29, 0.717) is 41.8 Å². The Labute approximate surface area is 150 Å². The molecule has 0 radical (unpaired) electrons. The highest BCUT2D eigenvalue weighted by Gasteiger charge is 2.25. The van der Waals surface area contributed by atoms with Crippen LogP contribution in [-0.2, 0) is 14.8 Å². The Kier molecular flexibility index (Phi) is 3.87. The monoisotopic (exact) mass is 376 g/mol. The van der Waals surface area contributed by atoms with Crippen LogP contribution in [0.5, 0.6) is 17.2 Å². The van der Waals surface area contributed by atoms with E-state index in [4.69, 9.17) is 14.2 Å². The van der Waals surface area contributed by atoms with E-state index in [-0.39, 0.29) is 10.8 Å². The van der Waals surface area contributed by atoms with Crippen molar-refractivity contribution in [1.29, 1.82) is 0 Å². The van der Waals surface area contributed by atoms with Crippen LogP contribution in [-0.4, -0.2) is 33.6 Å². The van der Waals surface area contributed by atoms with Gasteiger partial charge in [0.2, 0.25) is 0 Å². The van der Waals surface area contributed by atoms with Gasteiger partial charge in [-0.2, -0.15) is 0 Å². The minimum Gasteiger partial charge on any atom is -0.486 e. The van der Waals surface area contributed by atoms with Gasteiger partial charge >= 0.3 is 0 Å². The van der Waals surface area contributed by atoms with Crippen molar-refractivity contribution in [3.63, 3.8) is 0 Å². The van der Waals surface area contributed by atoms with Gasteiger partial charge in [-0.05, 0) is 37.3 Å². The molecular weight excluding hydrogens is 360 g/mol. The summed E-state index contributed by atoms with van der Waals surface area (Å²) < 4.78 is 44.1. The molecule has 26 heavy (non-hydrogen) atoms. The molecular formula is C17H16N2O6S. The molecule has 0 aliphatic carbocycles. The van der Waals surface area contributed by atoms with Gasteiger partial charge in [-0.15, -0.1) is 0 Å². The highest BCUT2D eigenvalue weighted by atomic mass is 32.2. The average Bonchev–Trinajstić information content (AvgIpc) is 2.62. The normalized spacial score (nSPS) is 18.3. The van der Waals surface area contributed by atoms with E-state index >= 15 is 0 Å². The summed E-state index contributed by atoms with van der Waals surface area (Å²) in [6.45, 7) is 2.43. The second-order valence-corrected chi connectivity index (χ2v) is 7.55. The van der Waals surface area contributed by atoms with Gasteiger partial charge in [0.1, 0.15) is 19.0 Å². The minimum absolute atomic E-state index is 0.0494. The lowest BCUT2D eigenvalue weighted by molar-refractivity contribution is -0.122. The number of carbonyl (C=O) groups excluding carboxylic acids is 1. The fraction of sp³-hybridized carbons (Fsp3) is 0.235. The number of carbonyl (C=O) groups is 1. The Morgan fingerprint density at radius 3 is 2.58 bits per heavy atom. The Hall–Kier alpha value is -2.94. The van der Waals surface area contributed by atoms with Crippen molar-refractivity contribution in [2.75, 3.05) is 23.3 Å². The van der Waals surface area contributed by atoms with Gasteiger partial charge in [-0.3, -0.25) is 9.52 Å². The van der Waals surface area contributed by atoms with Crippen LogP contribution in [0.1, 0.15) is 6.92 Å². The number of amides is 1. The SMILES string of the molecule is CC1Oc2ccc(NS(=O)(=O)c3ccc4c(c3)OCCO4)cc2NC1=O. The standard InChI is InChI=1S/C17H16N2O6S/c1-10-17(20)18-13-8-11(2-4-14(13)25-10)19-26(21,22)12-3-5-15-16(9-12)24-7-6-23-15/h2-5,8-10,19H,6-7H2,1H3,(H,18,20). The quantitative estimate of drug-likeness (QED) is 0.849. The molecule has 0 fully saturated rings. The van der Waals surface area contributed by atoms with Crippen molar-refractivity contribution in [1.82, 2.24) is 0 Å². The van der Waals surface area contributed by atoms with E-state index in [1.807, 2.05) is 0 Å². The lowest BCUT2D eigenvalue weighted by Gasteiger charge is -2.23. The Bertz CT molecular complexity index is 989. The van der Waals surface area contributed by atoms with Crippen molar-refractivity contribution in [2.24, 2.45) is 0 Å². The zero-order chi connectivity index (χ0) is 18.3. The summed E-state index contributed by atoms with van der Waals surface area (Å²) in [6.07, 6.45) is -0.595. The predicted molar refractivity (Wildman–Crippen MR) is 93.4 cm³/mol. The van der Waals surface area contributed by atoms with Crippen LogP contribution in [0.3, 0.4) is 0 Å². The van der Waals surface area contributed by atoms with Gasteiger partial charge < -0.3 is 19.5 Å². The molecule has 4 rings (SSSR count). The number of nitrogens with one attached hydrogen (secondary N) is 2. The predicted octanol–water partition coefficient (Wildman–Crippen LogP) is 1.98. The first-order valence-corrected chi connectivity index (χ1v) is 9.45. The molecule has 2 N–H and O–H groups in total. The average molecular weight is 376 g/mol. The molecule has 136 valence electrons. The maximum atomic E-state index is 12.6. The van der Waals surface area contributed by atoms with Crippen LogP contribution in [0.15, 0.2) is 41.3 Å². The number of fused-ring (bicyclic) bond motifs is 2.